The van der Waals surface area contributed by atoms with Crippen molar-refractivity contribution in [3.63, 3.8) is 0 Å². The van der Waals surface area contributed by atoms with Crippen molar-refractivity contribution in [3.8, 4) is 5.75 Å². The summed E-state index contributed by atoms with van der Waals surface area (Å²) in [6.07, 6.45) is 1.51. The topological polar surface area (TPSA) is 72.5 Å². The van der Waals surface area contributed by atoms with Gasteiger partial charge >= 0.3 is 0 Å². The third kappa shape index (κ3) is 4.50. The van der Waals surface area contributed by atoms with Crippen LogP contribution < -0.4 is 9.46 Å². The molecule has 0 radical (unpaired) electrons. The van der Waals surface area contributed by atoms with Gasteiger partial charge in [0.05, 0.1) is 17.0 Å². The zero-order valence-electron chi connectivity index (χ0n) is 12.7. The van der Waals surface area contributed by atoms with Crippen LogP contribution in [0.15, 0.2) is 66.1 Å². The number of rotatable bonds is 8. The molecule has 0 aliphatic rings. The molecule has 24 heavy (non-hydrogen) atoms. The van der Waals surface area contributed by atoms with Gasteiger partial charge in [-0.15, -0.1) is 0 Å². The number of carbonyl (C=O) groups is 1. The van der Waals surface area contributed by atoms with Gasteiger partial charge in [-0.05, 0) is 30.3 Å². The Morgan fingerprint density at radius 2 is 1.92 bits per heavy atom. The molecule has 0 aliphatic carbocycles. The molecule has 0 heterocycles. The van der Waals surface area contributed by atoms with Crippen LogP contribution in [0.25, 0.3) is 0 Å². The van der Waals surface area contributed by atoms with Gasteiger partial charge < -0.3 is 4.74 Å². The number of sulfonamides is 1. The third-order valence-corrected chi connectivity index (χ3v) is 4.50. The molecule has 0 amide bonds. The van der Waals surface area contributed by atoms with Gasteiger partial charge in [-0.3, -0.25) is 4.79 Å². The Kier molecular flexibility index (Phi) is 5.83. The van der Waals surface area contributed by atoms with Crippen LogP contribution in [0.1, 0.15) is 10.4 Å². The molecule has 0 aliphatic heterocycles. The molecule has 0 unspecified atom stereocenters. The number of ether oxygens (including phenoxy) is 1. The number of Topliss-reactive ketones (excluding diaryl/α,β-unsaturated/α-hetero) is 1. The van der Waals surface area contributed by atoms with Crippen LogP contribution in [0.2, 0.25) is 0 Å². The number of halogens is 1. The van der Waals surface area contributed by atoms with Crippen molar-refractivity contribution in [2.45, 2.75) is 4.90 Å². The molecule has 7 heteroatoms. The first-order valence-electron chi connectivity index (χ1n) is 7.05. The van der Waals surface area contributed by atoms with Crippen LogP contribution in [0.3, 0.4) is 0 Å². The van der Waals surface area contributed by atoms with Crippen molar-refractivity contribution in [1.29, 1.82) is 0 Å². The van der Waals surface area contributed by atoms with Gasteiger partial charge in [-0.1, -0.05) is 30.9 Å². The van der Waals surface area contributed by atoms with Gasteiger partial charge in [0.2, 0.25) is 10.0 Å². The molecule has 126 valence electrons. The Bertz CT molecular complexity index is 835. The van der Waals surface area contributed by atoms with Crippen LogP contribution in [-0.4, -0.2) is 27.4 Å². The summed E-state index contributed by atoms with van der Waals surface area (Å²) in [6, 6.07) is 11.3. The second-order valence-corrected chi connectivity index (χ2v) is 6.57. The molecule has 0 atom stereocenters. The highest BCUT2D eigenvalue weighted by molar-refractivity contribution is 7.89. The van der Waals surface area contributed by atoms with Crippen molar-refractivity contribution in [3.05, 3.63) is 72.6 Å². The first-order valence-corrected chi connectivity index (χ1v) is 8.53. The van der Waals surface area contributed by atoms with E-state index in [9.17, 15) is 17.6 Å². The fourth-order valence-electron chi connectivity index (χ4n) is 1.90. The molecule has 1 N–H and O–H groups in total. The van der Waals surface area contributed by atoms with E-state index in [4.69, 9.17) is 4.74 Å². The average molecular weight is 349 g/mol. The lowest BCUT2D eigenvalue weighted by Crippen LogP contribution is -2.30. The molecular weight excluding hydrogens is 333 g/mol. The zero-order chi connectivity index (χ0) is 17.6. The molecule has 5 nitrogen and oxygen atoms in total. The van der Waals surface area contributed by atoms with Gasteiger partial charge in [0, 0.05) is 0 Å². The number of carbonyl (C=O) groups excluding carboxylic acids is 1. The van der Waals surface area contributed by atoms with Crippen LogP contribution in [0.5, 0.6) is 5.75 Å². The summed E-state index contributed by atoms with van der Waals surface area (Å²) < 4.78 is 45.4. The first-order chi connectivity index (χ1) is 11.4. The molecule has 0 aromatic heterocycles. The van der Waals surface area contributed by atoms with E-state index >= 15 is 0 Å². The fraction of sp³-hybridized carbons (Fsp3) is 0.118. The lowest BCUT2D eigenvalue weighted by Gasteiger charge is -2.09. The molecule has 2 rings (SSSR count). The van der Waals surface area contributed by atoms with E-state index in [2.05, 4.69) is 11.3 Å². The summed E-state index contributed by atoms with van der Waals surface area (Å²) in [5.74, 6) is -1.15. The Labute approximate surface area is 139 Å². The number of ketones is 1. The summed E-state index contributed by atoms with van der Waals surface area (Å²) in [6.45, 7) is 3.15. The Balaban J connectivity index is 2.11. The van der Waals surface area contributed by atoms with Crippen LogP contribution >= 0.6 is 0 Å². The SMILES string of the molecule is C=CCOc1ccc(F)c(C(=O)CNS(=O)(=O)c2ccccc2)c1. The molecule has 0 bridgehead atoms. The summed E-state index contributed by atoms with van der Waals surface area (Å²) in [4.78, 5) is 12.2. The van der Waals surface area contributed by atoms with Crippen molar-refractivity contribution in [2.75, 3.05) is 13.2 Å². The summed E-state index contributed by atoms with van der Waals surface area (Å²) in [7, 11) is -3.84. The number of hydrogen-bond acceptors (Lipinski definition) is 4. The minimum absolute atomic E-state index is 0.0290. The Morgan fingerprint density at radius 1 is 1.21 bits per heavy atom. The van der Waals surface area contributed by atoms with Gasteiger partial charge in [0.25, 0.3) is 0 Å². The second kappa shape index (κ2) is 7.85. The number of benzene rings is 2. The molecule has 2 aromatic rings. The van der Waals surface area contributed by atoms with E-state index in [1.165, 1.54) is 30.3 Å². The summed E-state index contributed by atoms with van der Waals surface area (Å²) >= 11 is 0. The monoisotopic (exact) mass is 349 g/mol. The lowest BCUT2D eigenvalue weighted by atomic mass is 10.1. The van der Waals surface area contributed by atoms with Crippen molar-refractivity contribution in [2.24, 2.45) is 0 Å². The number of nitrogens with one attached hydrogen (secondary N) is 1. The predicted octanol–water partition coefficient (Wildman–Crippen LogP) is 2.55. The minimum atomic E-state index is -3.84. The predicted molar refractivity (Wildman–Crippen MR) is 88.1 cm³/mol. The van der Waals surface area contributed by atoms with Crippen LogP contribution in [0.4, 0.5) is 4.39 Å². The Hall–Kier alpha value is -2.51. The minimum Gasteiger partial charge on any atom is -0.490 e. The van der Waals surface area contributed by atoms with Gasteiger partial charge in [-0.2, -0.15) is 0 Å². The van der Waals surface area contributed by atoms with Crippen molar-refractivity contribution in [1.82, 2.24) is 4.72 Å². The van der Waals surface area contributed by atoms with Gasteiger partial charge in [0.1, 0.15) is 18.2 Å². The second-order valence-electron chi connectivity index (χ2n) is 4.80. The summed E-state index contributed by atoms with van der Waals surface area (Å²) in [5.41, 5.74) is -0.243. The van der Waals surface area contributed by atoms with Crippen molar-refractivity contribution >= 4 is 15.8 Å². The first kappa shape index (κ1) is 17.8. The van der Waals surface area contributed by atoms with E-state index in [0.717, 1.165) is 6.07 Å². The third-order valence-electron chi connectivity index (χ3n) is 3.08. The van der Waals surface area contributed by atoms with Crippen LogP contribution in [0, 0.1) is 5.82 Å². The highest BCUT2D eigenvalue weighted by atomic mass is 32.2. The molecule has 0 spiro atoms. The van der Waals surface area contributed by atoms with E-state index in [-0.39, 0.29) is 17.1 Å². The maximum Gasteiger partial charge on any atom is 0.240 e. The number of hydrogen-bond donors (Lipinski definition) is 1. The largest absolute Gasteiger partial charge is 0.490 e. The van der Waals surface area contributed by atoms with E-state index in [1.807, 2.05) is 0 Å². The fourth-order valence-corrected chi connectivity index (χ4v) is 2.90. The normalized spacial score (nSPS) is 11.0. The summed E-state index contributed by atoms with van der Waals surface area (Å²) in [5, 5.41) is 0. The van der Waals surface area contributed by atoms with E-state index < -0.39 is 28.2 Å². The maximum atomic E-state index is 13.8. The van der Waals surface area contributed by atoms with E-state index in [0.29, 0.717) is 5.75 Å². The highest BCUT2D eigenvalue weighted by Crippen LogP contribution is 2.18. The average Bonchev–Trinajstić information content (AvgIpc) is 2.60. The zero-order valence-corrected chi connectivity index (χ0v) is 13.6. The maximum absolute atomic E-state index is 13.8. The van der Waals surface area contributed by atoms with Crippen LogP contribution in [-0.2, 0) is 10.0 Å². The Morgan fingerprint density at radius 3 is 2.58 bits per heavy atom. The lowest BCUT2D eigenvalue weighted by molar-refractivity contribution is 0.0992. The van der Waals surface area contributed by atoms with Crippen molar-refractivity contribution < 1.29 is 22.3 Å². The quantitative estimate of drug-likeness (QED) is 0.587. The van der Waals surface area contributed by atoms with Gasteiger partial charge in [0.15, 0.2) is 5.78 Å². The van der Waals surface area contributed by atoms with E-state index in [1.54, 1.807) is 18.2 Å². The molecule has 0 fully saturated rings. The standard InChI is InChI=1S/C17H16FNO4S/c1-2-10-23-13-8-9-16(18)15(11-13)17(20)12-19-24(21,22)14-6-4-3-5-7-14/h2-9,11,19H,1,10,12H2. The molecule has 2 aromatic carbocycles. The smallest absolute Gasteiger partial charge is 0.240 e. The van der Waals surface area contributed by atoms with Gasteiger partial charge in [-0.25, -0.2) is 17.5 Å². The molecular formula is C17H16FNO4S. The molecule has 0 saturated carbocycles. The molecule has 0 saturated heterocycles. The highest BCUT2D eigenvalue weighted by Gasteiger charge is 2.18.